The molecule has 2 N–H and O–H groups in total. The molecule has 26 heavy (non-hydrogen) atoms. The summed E-state index contributed by atoms with van der Waals surface area (Å²) < 4.78 is 40.2. The zero-order chi connectivity index (χ0) is 19.2. The summed E-state index contributed by atoms with van der Waals surface area (Å²) in [6, 6.07) is 5.12. The molecule has 1 aromatic carbocycles. The maximum absolute atomic E-state index is 12.8. The van der Waals surface area contributed by atoms with Crippen LogP contribution in [0.15, 0.2) is 41.9 Å². The minimum atomic E-state index is -4.37. The van der Waals surface area contributed by atoms with Crippen molar-refractivity contribution in [2.45, 2.75) is 26.2 Å². The van der Waals surface area contributed by atoms with Gasteiger partial charge in [-0.2, -0.15) is 13.2 Å². The molecule has 0 spiro atoms. The predicted octanol–water partition coefficient (Wildman–Crippen LogP) is 2.56. The van der Waals surface area contributed by atoms with E-state index in [0.29, 0.717) is 24.6 Å². The van der Waals surface area contributed by atoms with Crippen molar-refractivity contribution in [3.63, 3.8) is 0 Å². The van der Waals surface area contributed by atoms with Gasteiger partial charge in [-0.25, -0.2) is 4.99 Å². The van der Waals surface area contributed by atoms with Crippen LogP contribution in [-0.2, 0) is 26.3 Å². The zero-order valence-electron chi connectivity index (χ0n) is 14.6. The molecule has 0 saturated carbocycles. The Labute approximate surface area is 149 Å². The van der Waals surface area contributed by atoms with Crippen LogP contribution in [0, 0.1) is 6.92 Å². The van der Waals surface area contributed by atoms with E-state index in [-0.39, 0.29) is 6.54 Å². The topological polar surface area (TPSA) is 67.1 Å². The van der Waals surface area contributed by atoms with Gasteiger partial charge in [0.2, 0.25) is 0 Å². The average Bonchev–Trinajstić information content (AvgIpc) is 2.92. The van der Waals surface area contributed by atoms with Crippen molar-refractivity contribution in [1.29, 1.82) is 0 Å². The number of halogens is 3. The standard InChI is InChI=1S/C17H21F3N6/c1-4-8-21-16(23-11-15-25-24-12(2)26(15)3)22-10-13-6-5-7-14(9-13)17(18,19)20/h4-7,9H,1,8,10-11H2,2-3H3,(H2,21,22,23). The fourth-order valence-corrected chi connectivity index (χ4v) is 2.13. The molecule has 0 amide bonds. The van der Waals surface area contributed by atoms with Gasteiger partial charge in [-0.3, -0.25) is 0 Å². The first kappa shape index (κ1) is 19.5. The van der Waals surface area contributed by atoms with E-state index in [0.717, 1.165) is 23.8 Å². The Morgan fingerprint density at radius 3 is 2.69 bits per heavy atom. The van der Waals surface area contributed by atoms with E-state index in [1.54, 1.807) is 12.1 Å². The van der Waals surface area contributed by atoms with E-state index in [1.807, 2.05) is 18.5 Å². The van der Waals surface area contributed by atoms with Crippen LogP contribution in [0.25, 0.3) is 0 Å². The highest BCUT2D eigenvalue weighted by Crippen LogP contribution is 2.29. The SMILES string of the molecule is C=CCNC(=NCc1cccc(C(F)(F)F)c1)NCc1nnc(C)n1C. The first-order valence-electron chi connectivity index (χ1n) is 7.95. The van der Waals surface area contributed by atoms with Gasteiger partial charge in [0.15, 0.2) is 11.8 Å². The first-order chi connectivity index (χ1) is 12.3. The predicted molar refractivity (Wildman–Crippen MR) is 93.4 cm³/mol. The van der Waals surface area contributed by atoms with E-state index >= 15 is 0 Å². The molecule has 0 aliphatic heterocycles. The minimum Gasteiger partial charge on any atom is -0.353 e. The zero-order valence-corrected chi connectivity index (χ0v) is 14.6. The number of benzene rings is 1. The molecule has 1 aromatic heterocycles. The number of nitrogens with zero attached hydrogens (tertiary/aromatic N) is 4. The summed E-state index contributed by atoms with van der Waals surface area (Å²) in [5.74, 6) is 1.95. The van der Waals surface area contributed by atoms with E-state index in [1.165, 1.54) is 6.07 Å². The molecule has 1 heterocycles. The van der Waals surface area contributed by atoms with Crippen molar-refractivity contribution in [3.05, 3.63) is 59.7 Å². The number of aryl methyl sites for hydroxylation is 1. The molecule has 9 heteroatoms. The molecule has 6 nitrogen and oxygen atoms in total. The summed E-state index contributed by atoms with van der Waals surface area (Å²) in [5.41, 5.74) is -0.220. The lowest BCUT2D eigenvalue weighted by Crippen LogP contribution is -2.37. The number of guanidine groups is 1. The Hall–Kier alpha value is -2.84. The van der Waals surface area contributed by atoms with Gasteiger partial charge in [0.05, 0.1) is 18.7 Å². The monoisotopic (exact) mass is 366 g/mol. The lowest BCUT2D eigenvalue weighted by Gasteiger charge is -2.12. The number of alkyl halides is 3. The largest absolute Gasteiger partial charge is 0.416 e. The number of aliphatic imine (C=N–C) groups is 1. The van der Waals surface area contributed by atoms with Crippen LogP contribution in [0.2, 0.25) is 0 Å². The summed E-state index contributed by atoms with van der Waals surface area (Å²) in [5, 5.41) is 14.1. The molecule has 140 valence electrons. The maximum atomic E-state index is 12.8. The van der Waals surface area contributed by atoms with Crippen LogP contribution in [0.5, 0.6) is 0 Å². The van der Waals surface area contributed by atoms with Gasteiger partial charge in [0.1, 0.15) is 5.82 Å². The number of nitrogens with one attached hydrogen (secondary N) is 2. The molecule has 2 rings (SSSR count). The van der Waals surface area contributed by atoms with Gasteiger partial charge in [-0.15, -0.1) is 16.8 Å². The molecule has 0 fully saturated rings. The molecule has 0 atom stereocenters. The molecule has 2 aromatic rings. The molecule has 0 bridgehead atoms. The number of rotatable bonds is 6. The summed E-state index contributed by atoms with van der Waals surface area (Å²) in [7, 11) is 1.85. The van der Waals surface area contributed by atoms with Gasteiger partial charge in [-0.1, -0.05) is 18.2 Å². The quantitative estimate of drug-likeness (QED) is 0.468. The van der Waals surface area contributed by atoms with Gasteiger partial charge in [0, 0.05) is 13.6 Å². The van der Waals surface area contributed by atoms with Crippen LogP contribution in [0.3, 0.4) is 0 Å². The van der Waals surface area contributed by atoms with Crippen LogP contribution in [0.4, 0.5) is 13.2 Å². The Kier molecular flexibility index (Phi) is 6.37. The van der Waals surface area contributed by atoms with Gasteiger partial charge >= 0.3 is 6.18 Å². The van der Waals surface area contributed by atoms with Crippen molar-refractivity contribution in [2.24, 2.45) is 12.0 Å². The van der Waals surface area contributed by atoms with Crippen LogP contribution >= 0.6 is 0 Å². The van der Waals surface area contributed by atoms with Crippen LogP contribution in [-0.4, -0.2) is 27.3 Å². The Balaban J connectivity index is 2.08. The smallest absolute Gasteiger partial charge is 0.353 e. The summed E-state index contributed by atoms with van der Waals surface area (Å²) in [6.07, 6.45) is -2.71. The second-order valence-corrected chi connectivity index (χ2v) is 5.61. The molecule has 0 aliphatic rings. The minimum absolute atomic E-state index is 0.105. The lowest BCUT2D eigenvalue weighted by atomic mass is 10.1. The normalized spacial score (nSPS) is 12.1. The fourth-order valence-electron chi connectivity index (χ4n) is 2.13. The third-order valence-corrected chi connectivity index (χ3v) is 3.68. The maximum Gasteiger partial charge on any atom is 0.416 e. The average molecular weight is 366 g/mol. The Morgan fingerprint density at radius 2 is 2.08 bits per heavy atom. The Bertz CT molecular complexity index is 779. The molecule has 0 unspecified atom stereocenters. The van der Waals surface area contributed by atoms with Crippen molar-refractivity contribution in [2.75, 3.05) is 6.54 Å². The molecular weight excluding hydrogens is 345 g/mol. The van der Waals surface area contributed by atoms with Gasteiger partial charge < -0.3 is 15.2 Å². The summed E-state index contributed by atoms with van der Waals surface area (Å²) in [4.78, 5) is 4.33. The van der Waals surface area contributed by atoms with Crippen molar-refractivity contribution >= 4 is 5.96 Å². The van der Waals surface area contributed by atoms with E-state index < -0.39 is 11.7 Å². The number of hydrogen-bond acceptors (Lipinski definition) is 3. The third-order valence-electron chi connectivity index (χ3n) is 3.68. The molecule has 0 saturated heterocycles. The van der Waals surface area contributed by atoms with E-state index in [4.69, 9.17) is 0 Å². The second kappa shape index (κ2) is 8.50. The third kappa shape index (κ3) is 5.33. The van der Waals surface area contributed by atoms with Gasteiger partial charge in [-0.05, 0) is 24.6 Å². The highest BCUT2D eigenvalue weighted by atomic mass is 19.4. The number of aromatic nitrogens is 3. The molecule has 0 aliphatic carbocycles. The second-order valence-electron chi connectivity index (χ2n) is 5.61. The number of hydrogen-bond donors (Lipinski definition) is 2. The van der Waals surface area contributed by atoms with E-state index in [2.05, 4.69) is 32.4 Å². The summed E-state index contributed by atoms with van der Waals surface area (Å²) >= 11 is 0. The van der Waals surface area contributed by atoms with Crippen molar-refractivity contribution in [3.8, 4) is 0 Å². The van der Waals surface area contributed by atoms with Crippen LogP contribution in [0.1, 0.15) is 22.8 Å². The van der Waals surface area contributed by atoms with Crippen LogP contribution < -0.4 is 10.6 Å². The lowest BCUT2D eigenvalue weighted by molar-refractivity contribution is -0.137. The summed E-state index contributed by atoms with van der Waals surface area (Å²) in [6.45, 7) is 6.42. The highest BCUT2D eigenvalue weighted by Gasteiger charge is 2.30. The fraction of sp³-hybridized carbons (Fsp3) is 0.353. The highest BCUT2D eigenvalue weighted by molar-refractivity contribution is 5.79. The molecular formula is C17H21F3N6. The van der Waals surface area contributed by atoms with Crippen molar-refractivity contribution in [1.82, 2.24) is 25.4 Å². The molecule has 0 radical (unpaired) electrons. The first-order valence-corrected chi connectivity index (χ1v) is 7.95. The van der Waals surface area contributed by atoms with Crippen molar-refractivity contribution < 1.29 is 13.2 Å². The van der Waals surface area contributed by atoms with E-state index in [9.17, 15) is 13.2 Å². The van der Waals surface area contributed by atoms with Gasteiger partial charge in [0.25, 0.3) is 0 Å². The Morgan fingerprint density at radius 1 is 1.31 bits per heavy atom.